The highest BCUT2D eigenvalue weighted by Gasteiger charge is 2.26. The SMILES string of the molecule is O=S(=O)(c1cccc(C#CCO)c1)N1CCOCC1. The van der Waals surface area contributed by atoms with E-state index in [9.17, 15) is 8.42 Å². The molecule has 0 unspecified atom stereocenters. The quantitative estimate of drug-likeness (QED) is 0.778. The van der Waals surface area contributed by atoms with Gasteiger partial charge < -0.3 is 9.84 Å². The summed E-state index contributed by atoms with van der Waals surface area (Å²) in [5.41, 5.74) is 0.573. The van der Waals surface area contributed by atoms with Gasteiger partial charge in [0.25, 0.3) is 0 Å². The Morgan fingerprint density at radius 1 is 1.32 bits per heavy atom. The van der Waals surface area contributed by atoms with Gasteiger partial charge in [0.2, 0.25) is 10.0 Å². The monoisotopic (exact) mass is 281 g/mol. The number of aliphatic hydroxyl groups is 1. The maximum Gasteiger partial charge on any atom is 0.243 e. The Morgan fingerprint density at radius 3 is 2.74 bits per heavy atom. The highest BCUT2D eigenvalue weighted by molar-refractivity contribution is 7.89. The summed E-state index contributed by atoms with van der Waals surface area (Å²) in [4.78, 5) is 0.221. The average Bonchev–Trinajstić information content (AvgIpc) is 2.46. The van der Waals surface area contributed by atoms with E-state index < -0.39 is 10.0 Å². The van der Waals surface area contributed by atoms with Gasteiger partial charge in [0.15, 0.2) is 0 Å². The molecule has 6 heteroatoms. The van der Waals surface area contributed by atoms with Crippen LogP contribution in [0.4, 0.5) is 0 Å². The maximum atomic E-state index is 12.4. The molecular weight excluding hydrogens is 266 g/mol. The molecule has 19 heavy (non-hydrogen) atoms. The normalized spacial score (nSPS) is 16.7. The van der Waals surface area contributed by atoms with Crippen molar-refractivity contribution < 1.29 is 18.3 Å². The van der Waals surface area contributed by atoms with E-state index in [1.807, 2.05) is 0 Å². The fourth-order valence-electron chi connectivity index (χ4n) is 1.81. The summed E-state index contributed by atoms with van der Waals surface area (Å²) >= 11 is 0. The Balaban J connectivity index is 2.29. The minimum atomic E-state index is -3.49. The minimum Gasteiger partial charge on any atom is -0.384 e. The maximum absolute atomic E-state index is 12.4. The van der Waals surface area contributed by atoms with Crippen molar-refractivity contribution in [3.63, 3.8) is 0 Å². The van der Waals surface area contributed by atoms with Crippen LogP contribution in [0.15, 0.2) is 29.2 Å². The van der Waals surface area contributed by atoms with E-state index in [1.54, 1.807) is 18.2 Å². The standard InChI is InChI=1S/C13H15NO4S/c15-8-2-4-12-3-1-5-13(11-12)19(16,17)14-6-9-18-10-7-14/h1,3,5,11,15H,6-10H2. The van der Waals surface area contributed by atoms with E-state index >= 15 is 0 Å². The molecule has 0 aliphatic carbocycles. The second-order valence-corrected chi connectivity index (χ2v) is 5.94. The molecule has 0 atom stereocenters. The number of hydrogen-bond donors (Lipinski definition) is 1. The van der Waals surface area contributed by atoms with Crippen LogP contribution < -0.4 is 0 Å². The van der Waals surface area contributed by atoms with Crippen molar-refractivity contribution in [2.45, 2.75) is 4.90 Å². The van der Waals surface area contributed by atoms with Gasteiger partial charge in [-0.25, -0.2) is 8.42 Å². The molecule has 0 spiro atoms. The molecule has 1 aliphatic rings. The molecule has 1 aromatic rings. The molecule has 1 aromatic carbocycles. The van der Waals surface area contributed by atoms with Crippen LogP contribution >= 0.6 is 0 Å². The lowest BCUT2D eigenvalue weighted by molar-refractivity contribution is 0.0730. The first-order valence-electron chi connectivity index (χ1n) is 5.92. The van der Waals surface area contributed by atoms with E-state index in [0.717, 1.165) is 0 Å². The van der Waals surface area contributed by atoms with Gasteiger partial charge in [-0.3, -0.25) is 0 Å². The number of nitrogens with zero attached hydrogens (tertiary/aromatic N) is 1. The van der Waals surface area contributed by atoms with Gasteiger partial charge >= 0.3 is 0 Å². The molecule has 1 aliphatic heterocycles. The predicted molar refractivity (Wildman–Crippen MR) is 70.0 cm³/mol. The number of benzene rings is 1. The van der Waals surface area contributed by atoms with Gasteiger partial charge in [-0.05, 0) is 18.2 Å². The average molecular weight is 281 g/mol. The van der Waals surface area contributed by atoms with E-state index in [1.165, 1.54) is 10.4 Å². The lowest BCUT2D eigenvalue weighted by Crippen LogP contribution is -2.40. The predicted octanol–water partition coefficient (Wildman–Crippen LogP) is 0.0513. The van der Waals surface area contributed by atoms with Crippen molar-refractivity contribution in [1.82, 2.24) is 4.31 Å². The Morgan fingerprint density at radius 2 is 2.05 bits per heavy atom. The largest absolute Gasteiger partial charge is 0.384 e. The molecule has 0 bridgehead atoms. The van der Waals surface area contributed by atoms with Crippen molar-refractivity contribution >= 4 is 10.0 Å². The van der Waals surface area contributed by atoms with Crippen LogP contribution in [-0.2, 0) is 14.8 Å². The lowest BCUT2D eigenvalue weighted by atomic mass is 10.2. The molecule has 1 saturated heterocycles. The van der Waals surface area contributed by atoms with Gasteiger partial charge in [0, 0.05) is 18.7 Å². The van der Waals surface area contributed by atoms with Crippen molar-refractivity contribution in [1.29, 1.82) is 0 Å². The first-order chi connectivity index (χ1) is 9.14. The van der Waals surface area contributed by atoms with Gasteiger partial charge in [-0.2, -0.15) is 4.31 Å². The Kier molecular flexibility index (Phi) is 4.56. The second kappa shape index (κ2) is 6.17. The third-order valence-electron chi connectivity index (χ3n) is 2.75. The van der Waals surface area contributed by atoms with Crippen LogP contribution in [0.25, 0.3) is 0 Å². The Hall–Kier alpha value is -1.39. The van der Waals surface area contributed by atoms with Gasteiger partial charge in [-0.1, -0.05) is 17.9 Å². The summed E-state index contributed by atoms with van der Waals surface area (Å²) in [7, 11) is -3.49. The highest BCUT2D eigenvalue weighted by atomic mass is 32.2. The summed E-state index contributed by atoms with van der Waals surface area (Å²) in [6, 6.07) is 6.43. The first-order valence-corrected chi connectivity index (χ1v) is 7.36. The van der Waals surface area contributed by atoms with Crippen molar-refractivity contribution in [2.75, 3.05) is 32.9 Å². The number of ether oxygens (including phenoxy) is 1. The van der Waals surface area contributed by atoms with Crippen LogP contribution in [0, 0.1) is 11.8 Å². The van der Waals surface area contributed by atoms with E-state index in [-0.39, 0.29) is 11.5 Å². The summed E-state index contributed by atoms with van der Waals surface area (Å²) < 4.78 is 31.3. The molecule has 1 fully saturated rings. The molecule has 0 saturated carbocycles. The summed E-state index contributed by atoms with van der Waals surface area (Å²) in [6.45, 7) is 1.33. The molecule has 0 aromatic heterocycles. The lowest BCUT2D eigenvalue weighted by Gasteiger charge is -2.26. The van der Waals surface area contributed by atoms with Crippen LogP contribution in [0.2, 0.25) is 0 Å². The van der Waals surface area contributed by atoms with Crippen molar-refractivity contribution in [3.05, 3.63) is 29.8 Å². The zero-order valence-corrected chi connectivity index (χ0v) is 11.2. The molecule has 2 rings (SSSR count). The second-order valence-electron chi connectivity index (χ2n) is 4.00. The van der Waals surface area contributed by atoms with Crippen LogP contribution in [0.3, 0.4) is 0 Å². The molecule has 5 nitrogen and oxygen atoms in total. The Bertz CT molecular complexity index is 595. The van der Waals surface area contributed by atoms with E-state index in [4.69, 9.17) is 9.84 Å². The number of aliphatic hydroxyl groups excluding tert-OH is 1. The number of morpholine rings is 1. The smallest absolute Gasteiger partial charge is 0.243 e. The zero-order chi connectivity index (χ0) is 13.7. The number of sulfonamides is 1. The van der Waals surface area contributed by atoms with Crippen molar-refractivity contribution in [2.24, 2.45) is 0 Å². The topological polar surface area (TPSA) is 66.8 Å². The van der Waals surface area contributed by atoms with Crippen LogP contribution in [-0.4, -0.2) is 50.7 Å². The van der Waals surface area contributed by atoms with Crippen LogP contribution in [0.1, 0.15) is 5.56 Å². The fourth-order valence-corrected chi connectivity index (χ4v) is 3.27. The van der Waals surface area contributed by atoms with Gasteiger partial charge in [0.05, 0.1) is 18.1 Å². The van der Waals surface area contributed by atoms with Gasteiger partial charge in [0.1, 0.15) is 6.61 Å². The summed E-state index contributed by atoms with van der Waals surface area (Å²) in [5, 5.41) is 8.65. The summed E-state index contributed by atoms with van der Waals surface area (Å²) in [5.74, 6) is 5.20. The molecule has 0 amide bonds. The minimum absolute atomic E-state index is 0.221. The molecule has 102 valence electrons. The third kappa shape index (κ3) is 3.33. The number of rotatable bonds is 2. The summed E-state index contributed by atoms with van der Waals surface area (Å²) in [6.07, 6.45) is 0. The van der Waals surface area contributed by atoms with E-state index in [2.05, 4.69) is 11.8 Å². The third-order valence-corrected chi connectivity index (χ3v) is 4.65. The Labute approximate surface area is 112 Å². The molecular formula is C13H15NO4S. The molecule has 0 radical (unpaired) electrons. The molecule has 1 heterocycles. The molecule has 1 N–H and O–H groups in total. The van der Waals surface area contributed by atoms with Crippen molar-refractivity contribution in [3.8, 4) is 11.8 Å². The zero-order valence-electron chi connectivity index (χ0n) is 10.4. The fraction of sp³-hybridized carbons (Fsp3) is 0.385. The van der Waals surface area contributed by atoms with Crippen LogP contribution in [0.5, 0.6) is 0 Å². The first kappa shape index (κ1) is 14.0. The number of hydrogen-bond acceptors (Lipinski definition) is 4. The van der Waals surface area contributed by atoms with E-state index in [0.29, 0.717) is 31.9 Å². The highest BCUT2D eigenvalue weighted by Crippen LogP contribution is 2.17. The van der Waals surface area contributed by atoms with Gasteiger partial charge in [-0.15, -0.1) is 0 Å².